The van der Waals surface area contributed by atoms with Gasteiger partial charge in [-0.1, -0.05) is 12.1 Å². The number of amides is 2. The third kappa shape index (κ3) is 4.44. The number of aromatic nitrogens is 4. The zero-order valence-corrected chi connectivity index (χ0v) is 14.9. The van der Waals surface area contributed by atoms with Crippen molar-refractivity contribution in [3.8, 4) is 5.82 Å². The lowest BCUT2D eigenvalue weighted by Crippen LogP contribution is -2.46. The van der Waals surface area contributed by atoms with Gasteiger partial charge in [0.1, 0.15) is 17.8 Å². The Balaban J connectivity index is 1.77. The van der Waals surface area contributed by atoms with E-state index in [1.165, 1.54) is 17.1 Å². The predicted octanol–water partition coefficient (Wildman–Crippen LogP) is 0.448. The minimum absolute atomic E-state index is 0.179. The van der Waals surface area contributed by atoms with Crippen LogP contribution < -0.4 is 11.1 Å². The van der Waals surface area contributed by atoms with Gasteiger partial charge in [0.15, 0.2) is 0 Å². The zero-order valence-electron chi connectivity index (χ0n) is 14.9. The number of Topliss-reactive ketones (excluding diaryl/α,β-unsaturated/α-hetero) is 1. The van der Waals surface area contributed by atoms with Crippen LogP contribution in [0.15, 0.2) is 61.3 Å². The number of nitrogens with one attached hydrogen (secondary N) is 1. The normalized spacial score (nSPS) is 11.6. The highest BCUT2D eigenvalue weighted by molar-refractivity contribution is 6.37. The average Bonchev–Trinajstić information content (AvgIpc) is 3.22. The average molecular weight is 378 g/mol. The van der Waals surface area contributed by atoms with Crippen LogP contribution in [0.5, 0.6) is 0 Å². The van der Waals surface area contributed by atoms with E-state index in [0.717, 1.165) is 5.69 Å². The number of nitrogens with two attached hydrogens (primary N) is 1. The maximum atomic E-state index is 12.7. The Morgan fingerprint density at radius 1 is 1.07 bits per heavy atom. The molecule has 0 saturated heterocycles. The van der Waals surface area contributed by atoms with Gasteiger partial charge >= 0.3 is 0 Å². The third-order valence-corrected chi connectivity index (χ3v) is 4.05. The lowest BCUT2D eigenvalue weighted by molar-refractivity contribution is -0.137. The number of imidazole rings is 1. The van der Waals surface area contributed by atoms with E-state index in [-0.39, 0.29) is 12.1 Å². The van der Waals surface area contributed by atoms with Crippen LogP contribution in [-0.2, 0) is 16.0 Å². The molecule has 9 nitrogen and oxygen atoms in total. The molecule has 28 heavy (non-hydrogen) atoms. The molecule has 3 aromatic heterocycles. The lowest BCUT2D eigenvalue weighted by atomic mass is 10.0. The maximum Gasteiger partial charge on any atom is 0.287 e. The Kier molecular flexibility index (Phi) is 5.85. The second-order valence-corrected chi connectivity index (χ2v) is 5.95. The quantitative estimate of drug-likeness (QED) is 0.547. The van der Waals surface area contributed by atoms with E-state index in [2.05, 4.69) is 20.3 Å². The van der Waals surface area contributed by atoms with E-state index in [1.807, 2.05) is 6.07 Å². The van der Waals surface area contributed by atoms with Gasteiger partial charge in [-0.15, -0.1) is 0 Å². The first-order valence-electron chi connectivity index (χ1n) is 8.54. The van der Waals surface area contributed by atoms with Crippen molar-refractivity contribution >= 4 is 17.6 Å². The first-order valence-corrected chi connectivity index (χ1v) is 8.54. The smallest absolute Gasteiger partial charge is 0.287 e. The lowest BCUT2D eigenvalue weighted by Gasteiger charge is -2.16. The molecule has 0 bridgehead atoms. The highest BCUT2D eigenvalue weighted by Gasteiger charge is 2.26. The summed E-state index contributed by atoms with van der Waals surface area (Å²) in [6.45, 7) is 0. The van der Waals surface area contributed by atoms with Crippen LogP contribution in [0.25, 0.3) is 5.82 Å². The molecule has 142 valence electrons. The summed E-state index contributed by atoms with van der Waals surface area (Å²) >= 11 is 0. The number of hydrogen-bond donors (Lipinski definition) is 2. The molecule has 3 N–H and O–H groups in total. The van der Waals surface area contributed by atoms with Crippen molar-refractivity contribution in [1.82, 2.24) is 24.8 Å². The highest BCUT2D eigenvalue weighted by Crippen LogP contribution is 2.10. The molecule has 1 atom stereocenters. The summed E-state index contributed by atoms with van der Waals surface area (Å²) in [5.74, 6) is -2.04. The molecule has 3 aromatic rings. The molecule has 2 amide bonds. The molecular weight excluding hydrogens is 360 g/mol. The molecule has 0 aliphatic rings. The maximum absolute atomic E-state index is 12.7. The summed E-state index contributed by atoms with van der Waals surface area (Å²) < 4.78 is 1.49. The molecule has 1 unspecified atom stereocenters. The van der Waals surface area contributed by atoms with Crippen LogP contribution in [-0.4, -0.2) is 43.2 Å². The summed E-state index contributed by atoms with van der Waals surface area (Å²) in [5, 5.41) is 2.58. The van der Waals surface area contributed by atoms with Gasteiger partial charge < -0.3 is 11.1 Å². The molecule has 0 saturated carbocycles. The summed E-state index contributed by atoms with van der Waals surface area (Å²) in [7, 11) is 0. The topological polar surface area (TPSA) is 133 Å². The van der Waals surface area contributed by atoms with Crippen LogP contribution in [0.3, 0.4) is 0 Å². The molecule has 9 heteroatoms. The summed E-state index contributed by atoms with van der Waals surface area (Å²) in [6.07, 6.45) is 6.59. The molecule has 0 aliphatic heterocycles. The first kappa shape index (κ1) is 18.9. The van der Waals surface area contributed by atoms with Crippen molar-refractivity contribution in [2.75, 3.05) is 0 Å². The van der Waals surface area contributed by atoms with Crippen molar-refractivity contribution in [2.24, 2.45) is 5.73 Å². The number of pyridine rings is 2. The second kappa shape index (κ2) is 8.67. The van der Waals surface area contributed by atoms with Gasteiger partial charge in [-0.05, 0) is 37.1 Å². The summed E-state index contributed by atoms with van der Waals surface area (Å²) in [5.41, 5.74) is 6.05. The van der Waals surface area contributed by atoms with Crippen molar-refractivity contribution in [1.29, 1.82) is 0 Å². The molecular formula is C19H18N6O3. The highest BCUT2D eigenvalue weighted by atomic mass is 16.2. The second-order valence-electron chi connectivity index (χ2n) is 5.95. The zero-order chi connectivity index (χ0) is 19.9. The van der Waals surface area contributed by atoms with E-state index in [4.69, 9.17) is 5.73 Å². The summed E-state index contributed by atoms with van der Waals surface area (Å²) in [4.78, 5) is 48.6. The molecule has 0 aliphatic carbocycles. The van der Waals surface area contributed by atoms with E-state index < -0.39 is 23.6 Å². The van der Waals surface area contributed by atoms with E-state index in [1.54, 1.807) is 42.7 Å². The van der Waals surface area contributed by atoms with Gasteiger partial charge in [0.05, 0.1) is 12.2 Å². The largest absolute Gasteiger partial charge is 0.363 e. The molecule has 0 fully saturated rings. The number of nitrogens with zero attached hydrogens (tertiary/aromatic N) is 4. The predicted molar refractivity (Wildman–Crippen MR) is 99.4 cm³/mol. The SMILES string of the molecule is NC(=O)C(=O)C(CCc1ccccn1)NC(=O)c1cncn1-c1ccccn1. The van der Waals surface area contributed by atoms with E-state index in [9.17, 15) is 14.4 Å². The Bertz CT molecular complexity index is 972. The Hall–Kier alpha value is -3.88. The van der Waals surface area contributed by atoms with Crippen molar-refractivity contribution < 1.29 is 14.4 Å². The van der Waals surface area contributed by atoms with Gasteiger partial charge in [-0.3, -0.25) is 23.9 Å². The van der Waals surface area contributed by atoms with Gasteiger partial charge in [0.25, 0.3) is 11.8 Å². The minimum atomic E-state index is -1.11. The number of aryl methyl sites for hydroxylation is 1. The van der Waals surface area contributed by atoms with Crippen LogP contribution in [0.1, 0.15) is 22.6 Å². The number of ketones is 1. The molecule has 0 aromatic carbocycles. The van der Waals surface area contributed by atoms with Crippen molar-refractivity contribution in [3.05, 3.63) is 72.7 Å². The van der Waals surface area contributed by atoms with E-state index in [0.29, 0.717) is 12.2 Å². The van der Waals surface area contributed by atoms with Crippen LogP contribution in [0, 0.1) is 0 Å². The molecule has 3 heterocycles. The summed E-state index contributed by atoms with van der Waals surface area (Å²) in [6, 6.07) is 9.55. The first-order chi connectivity index (χ1) is 13.6. The number of carbonyl (C=O) groups is 3. The fourth-order valence-corrected chi connectivity index (χ4v) is 2.65. The molecule has 0 spiro atoms. The van der Waals surface area contributed by atoms with Crippen molar-refractivity contribution in [2.45, 2.75) is 18.9 Å². The number of rotatable bonds is 8. The Labute approximate surface area is 160 Å². The van der Waals surface area contributed by atoms with Crippen molar-refractivity contribution in [3.63, 3.8) is 0 Å². The standard InChI is InChI=1S/C19H18N6O3/c20-18(27)17(26)14(8-7-13-5-1-3-9-22-13)24-19(28)15-11-21-12-25(15)16-6-2-4-10-23-16/h1-6,9-12,14H,7-8H2,(H2,20,27)(H,24,28). The number of primary amides is 1. The molecule has 0 radical (unpaired) electrons. The molecule has 3 rings (SSSR count). The van der Waals surface area contributed by atoms with Crippen LogP contribution >= 0.6 is 0 Å². The Morgan fingerprint density at radius 2 is 1.82 bits per heavy atom. The minimum Gasteiger partial charge on any atom is -0.363 e. The number of carbonyl (C=O) groups excluding carboxylic acids is 3. The fourth-order valence-electron chi connectivity index (χ4n) is 2.65. The van der Waals surface area contributed by atoms with Crippen LogP contribution in [0.4, 0.5) is 0 Å². The van der Waals surface area contributed by atoms with E-state index >= 15 is 0 Å². The van der Waals surface area contributed by atoms with Gasteiger partial charge in [0, 0.05) is 18.1 Å². The number of hydrogen-bond acceptors (Lipinski definition) is 6. The van der Waals surface area contributed by atoms with Gasteiger partial charge in [-0.25, -0.2) is 9.97 Å². The van der Waals surface area contributed by atoms with Gasteiger partial charge in [0.2, 0.25) is 5.78 Å². The fraction of sp³-hybridized carbons (Fsp3) is 0.158. The Morgan fingerprint density at radius 3 is 2.46 bits per heavy atom. The van der Waals surface area contributed by atoms with Gasteiger partial charge in [-0.2, -0.15) is 0 Å². The monoisotopic (exact) mass is 378 g/mol. The van der Waals surface area contributed by atoms with Crippen LogP contribution in [0.2, 0.25) is 0 Å². The third-order valence-electron chi connectivity index (χ3n) is 4.05.